The minimum absolute atomic E-state index is 0.0393. The third-order valence-electron chi connectivity index (χ3n) is 2.61. The number of rotatable bonds is 4. The number of carbonyl (C=O) groups excluding carboxylic acids is 1. The normalized spacial score (nSPS) is 10.4. The minimum atomic E-state index is -0.451. The van der Waals surface area contributed by atoms with Crippen molar-refractivity contribution in [3.8, 4) is 6.07 Å². The van der Waals surface area contributed by atoms with E-state index in [0.29, 0.717) is 29.2 Å². The molecule has 1 amide bonds. The van der Waals surface area contributed by atoms with Crippen molar-refractivity contribution in [3.05, 3.63) is 29.6 Å². The van der Waals surface area contributed by atoms with E-state index in [0.717, 1.165) is 5.52 Å². The largest absolute Gasteiger partial charge is 0.368 e. The van der Waals surface area contributed by atoms with Crippen molar-refractivity contribution in [2.45, 2.75) is 13.0 Å². The molecular weight excluding hydrogens is 252 g/mol. The molecule has 2 rings (SSSR count). The van der Waals surface area contributed by atoms with Crippen LogP contribution in [0, 0.1) is 11.3 Å². The second-order valence-electron chi connectivity index (χ2n) is 3.80. The lowest BCUT2D eigenvalue weighted by Gasteiger charge is -2.05. The summed E-state index contributed by atoms with van der Waals surface area (Å²) in [4.78, 5) is 15.5. The standard InChI is InChI=1S/C12H11ClN4O/c13-5-4-11-16-12-8(6-14)2-1-3-9(12)17(11)7-10(15)18/h1-3H,4-5,7H2,(H2,15,18). The molecule has 0 aliphatic carbocycles. The lowest BCUT2D eigenvalue weighted by atomic mass is 10.2. The van der Waals surface area contributed by atoms with Crippen molar-refractivity contribution < 1.29 is 4.79 Å². The van der Waals surface area contributed by atoms with Crippen molar-refractivity contribution in [3.63, 3.8) is 0 Å². The predicted octanol–water partition coefficient (Wildman–Crippen LogP) is 1.17. The Morgan fingerprint density at radius 2 is 2.33 bits per heavy atom. The first-order valence-electron chi connectivity index (χ1n) is 5.40. The van der Waals surface area contributed by atoms with Gasteiger partial charge in [0.25, 0.3) is 0 Å². The summed E-state index contributed by atoms with van der Waals surface area (Å²) < 4.78 is 1.71. The number of aromatic nitrogens is 2. The maximum Gasteiger partial charge on any atom is 0.237 e. The van der Waals surface area contributed by atoms with Crippen molar-refractivity contribution >= 4 is 28.5 Å². The molecule has 2 N–H and O–H groups in total. The number of alkyl halides is 1. The fraction of sp³-hybridized carbons (Fsp3) is 0.250. The van der Waals surface area contributed by atoms with Gasteiger partial charge in [0.05, 0.1) is 11.1 Å². The van der Waals surface area contributed by atoms with Crippen molar-refractivity contribution in [2.75, 3.05) is 5.88 Å². The SMILES string of the molecule is N#Cc1cccc2c1nc(CCCl)n2CC(N)=O. The summed E-state index contributed by atoms with van der Waals surface area (Å²) >= 11 is 5.71. The van der Waals surface area contributed by atoms with E-state index in [-0.39, 0.29) is 6.54 Å². The Hall–Kier alpha value is -2.06. The number of nitriles is 1. The molecule has 0 unspecified atom stereocenters. The molecule has 0 aliphatic heterocycles. The quantitative estimate of drug-likeness (QED) is 0.840. The molecule has 0 saturated heterocycles. The van der Waals surface area contributed by atoms with Crippen LogP contribution in [0.15, 0.2) is 18.2 Å². The molecule has 0 bridgehead atoms. The smallest absolute Gasteiger partial charge is 0.237 e. The molecule has 18 heavy (non-hydrogen) atoms. The van der Waals surface area contributed by atoms with Gasteiger partial charge in [0, 0.05) is 12.3 Å². The van der Waals surface area contributed by atoms with Gasteiger partial charge in [-0.25, -0.2) is 4.98 Å². The highest BCUT2D eigenvalue weighted by Crippen LogP contribution is 2.20. The van der Waals surface area contributed by atoms with Crippen LogP contribution in [0.3, 0.4) is 0 Å². The third kappa shape index (κ3) is 2.15. The second kappa shape index (κ2) is 5.07. The Morgan fingerprint density at radius 3 is 2.94 bits per heavy atom. The molecule has 1 heterocycles. The van der Waals surface area contributed by atoms with Crippen LogP contribution in [-0.2, 0) is 17.8 Å². The minimum Gasteiger partial charge on any atom is -0.368 e. The second-order valence-corrected chi connectivity index (χ2v) is 4.18. The van der Waals surface area contributed by atoms with Crippen LogP contribution in [0.25, 0.3) is 11.0 Å². The zero-order valence-electron chi connectivity index (χ0n) is 9.56. The third-order valence-corrected chi connectivity index (χ3v) is 2.80. The molecule has 1 aromatic carbocycles. The Morgan fingerprint density at radius 1 is 1.56 bits per heavy atom. The van der Waals surface area contributed by atoms with E-state index >= 15 is 0 Å². The van der Waals surface area contributed by atoms with Gasteiger partial charge < -0.3 is 10.3 Å². The van der Waals surface area contributed by atoms with E-state index in [1.165, 1.54) is 0 Å². The van der Waals surface area contributed by atoms with Gasteiger partial charge in [0.1, 0.15) is 24.0 Å². The molecule has 2 aromatic rings. The van der Waals surface area contributed by atoms with Gasteiger partial charge in [0.15, 0.2) is 0 Å². The number of aryl methyl sites for hydroxylation is 1. The molecule has 6 heteroatoms. The summed E-state index contributed by atoms with van der Waals surface area (Å²) in [7, 11) is 0. The Kier molecular flexibility index (Phi) is 3.49. The summed E-state index contributed by atoms with van der Waals surface area (Å²) in [5.41, 5.74) is 7.02. The van der Waals surface area contributed by atoms with E-state index in [2.05, 4.69) is 11.1 Å². The summed E-state index contributed by atoms with van der Waals surface area (Å²) in [5, 5.41) is 9.03. The summed E-state index contributed by atoms with van der Waals surface area (Å²) in [6.45, 7) is 0.0393. The number of carbonyl (C=O) groups is 1. The average molecular weight is 263 g/mol. The number of benzene rings is 1. The zero-order valence-corrected chi connectivity index (χ0v) is 10.3. The Balaban J connectivity index is 2.67. The highest BCUT2D eigenvalue weighted by atomic mass is 35.5. The predicted molar refractivity (Wildman–Crippen MR) is 68.1 cm³/mol. The molecule has 1 aromatic heterocycles. The molecule has 5 nitrogen and oxygen atoms in total. The first kappa shape index (κ1) is 12.4. The van der Waals surface area contributed by atoms with Gasteiger partial charge in [0.2, 0.25) is 5.91 Å². The number of halogens is 1. The number of primary amides is 1. The maximum atomic E-state index is 11.1. The number of imidazole rings is 1. The van der Waals surface area contributed by atoms with Crippen LogP contribution in [0.1, 0.15) is 11.4 Å². The lowest BCUT2D eigenvalue weighted by molar-refractivity contribution is -0.118. The van der Waals surface area contributed by atoms with Gasteiger partial charge in [-0.05, 0) is 12.1 Å². The van der Waals surface area contributed by atoms with Crippen molar-refractivity contribution in [1.82, 2.24) is 9.55 Å². The van der Waals surface area contributed by atoms with Crippen LogP contribution in [0.4, 0.5) is 0 Å². The van der Waals surface area contributed by atoms with E-state index in [1.54, 1.807) is 16.7 Å². The molecule has 92 valence electrons. The Bertz CT molecular complexity index is 641. The molecule has 0 saturated carbocycles. The number of nitrogens with two attached hydrogens (primary N) is 1. The molecular formula is C12H11ClN4O. The fourth-order valence-electron chi connectivity index (χ4n) is 1.89. The van der Waals surface area contributed by atoms with E-state index in [9.17, 15) is 4.79 Å². The number of hydrogen-bond donors (Lipinski definition) is 1. The summed E-state index contributed by atoms with van der Waals surface area (Å²) in [6.07, 6.45) is 0.522. The first-order valence-corrected chi connectivity index (χ1v) is 5.93. The first-order chi connectivity index (χ1) is 8.67. The monoisotopic (exact) mass is 262 g/mol. The molecule has 0 radical (unpaired) electrons. The van der Waals surface area contributed by atoms with Crippen LogP contribution in [0.2, 0.25) is 0 Å². The fourth-order valence-corrected chi connectivity index (χ4v) is 2.06. The van der Waals surface area contributed by atoms with E-state index < -0.39 is 5.91 Å². The van der Waals surface area contributed by atoms with Crippen LogP contribution < -0.4 is 5.73 Å². The summed E-state index contributed by atoms with van der Waals surface area (Å²) in [6, 6.07) is 7.33. The van der Waals surface area contributed by atoms with Gasteiger partial charge in [-0.15, -0.1) is 11.6 Å². The highest BCUT2D eigenvalue weighted by Gasteiger charge is 2.14. The number of nitrogens with zero attached hydrogens (tertiary/aromatic N) is 3. The number of para-hydroxylation sites is 1. The summed E-state index contributed by atoms with van der Waals surface area (Å²) in [5.74, 6) is 0.609. The molecule has 0 atom stereocenters. The van der Waals surface area contributed by atoms with Crippen LogP contribution in [0.5, 0.6) is 0 Å². The maximum absolute atomic E-state index is 11.1. The number of amides is 1. The lowest BCUT2D eigenvalue weighted by Crippen LogP contribution is -2.20. The molecule has 0 fully saturated rings. The highest BCUT2D eigenvalue weighted by molar-refractivity contribution is 6.17. The average Bonchev–Trinajstić information content (AvgIpc) is 2.67. The van der Waals surface area contributed by atoms with Gasteiger partial charge in [-0.1, -0.05) is 6.07 Å². The molecule has 0 spiro atoms. The van der Waals surface area contributed by atoms with E-state index in [4.69, 9.17) is 22.6 Å². The van der Waals surface area contributed by atoms with Gasteiger partial charge >= 0.3 is 0 Å². The van der Waals surface area contributed by atoms with Crippen molar-refractivity contribution in [1.29, 1.82) is 5.26 Å². The number of fused-ring (bicyclic) bond motifs is 1. The van der Waals surface area contributed by atoms with Crippen LogP contribution in [-0.4, -0.2) is 21.3 Å². The molecule has 0 aliphatic rings. The van der Waals surface area contributed by atoms with Gasteiger partial charge in [-0.2, -0.15) is 5.26 Å². The zero-order chi connectivity index (χ0) is 13.1. The van der Waals surface area contributed by atoms with Crippen LogP contribution >= 0.6 is 11.6 Å². The Labute approximate surface area is 109 Å². The van der Waals surface area contributed by atoms with Crippen molar-refractivity contribution in [2.24, 2.45) is 5.73 Å². The number of hydrogen-bond acceptors (Lipinski definition) is 3. The van der Waals surface area contributed by atoms with E-state index in [1.807, 2.05) is 6.07 Å². The van der Waals surface area contributed by atoms with Gasteiger partial charge in [-0.3, -0.25) is 4.79 Å². The topological polar surface area (TPSA) is 84.7 Å².